The van der Waals surface area contributed by atoms with Crippen molar-refractivity contribution in [2.24, 2.45) is 0 Å². The van der Waals surface area contributed by atoms with E-state index in [4.69, 9.17) is 9.47 Å². The number of methoxy groups -OCH3 is 2. The third-order valence-electron chi connectivity index (χ3n) is 5.11. The van der Waals surface area contributed by atoms with Gasteiger partial charge in [-0.15, -0.1) is 10.2 Å². The van der Waals surface area contributed by atoms with E-state index in [9.17, 15) is 4.79 Å². The second kappa shape index (κ2) is 8.77. The van der Waals surface area contributed by atoms with Crippen LogP contribution < -0.4 is 14.4 Å². The van der Waals surface area contributed by atoms with E-state index in [2.05, 4.69) is 20.1 Å². The predicted molar refractivity (Wildman–Crippen MR) is 113 cm³/mol. The third-order valence-corrected chi connectivity index (χ3v) is 5.11. The fourth-order valence-corrected chi connectivity index (χ4v) is 3.44. The van der Waals surface area contributed by atoms with Crippen LogP contribution in [0.2, 0.25) is 0 Å². The second-order valence-corrected chi connectivity index (χ2v) is 6.84. The van der Waals surface area contributed by atoms with Crippen molar-refractivity contribution >= 4 is 11.7 Å². The Labute approximate surface area is 175 Å². The smallest absolute Gasteiger partial charge is 0.272 e. The summed E-state index contributed by atoms with van der Waals surface area (Å²) >= 11 is 0. The van der Waals surface area contributed by atoms with Gasteiger partial charge in [0.2, 0.25) is 0 Å². The lowest BCUT2D eigenvalue weighted by atomic mass is 10.1. The molecule has 154 valence electrons. The minimum atomic E-state index is -0.0400. The maximum Gasteiger partial charge on any atom is 0.272 e. The Morgan fingerprint density at radius 3 is 2.40 bits per heavy atom. The summed E-state index contributed by atoms with van der Waals surface area (Å²) in [7, 11) is 3.25. The molecular weight excluding hydrogens is 382 g/mol. The van der Waals surface area contributed by atoms with Crippen LogP contribution in [0.1, 0.15) is 10.5 Å². The molecule has 0 bridgehead atoms. The number of amides is 1. The highest BCUT2D eigenvalue weighted by molar-refractivity contribution is 5.92. The number of rotatable bonds is 5. The van der Waals surface area contributed by atoms with Gasteiger partial charge < -0.3 is 19.3 Å². The van der Waals surface area contributed by atoms with Crippen molar-refractivity contribution in [1.82, 2.24) is 20.1 Å². The normalized spacial score (nSPS) is 13.8. The molecule has 0 spiro atoms. The van der Waals surface area contributed by atoms with Crippen LogP contribution >= 0.6 is 0 Å². The quantitative estimate of drug-likeness (QED) is 0.645. The number of hydrogen-bond donors (Lipinski definition) is 0. The van der Waals surface area contributed by atoms with Crippen LogP contribution in [0.3, 0.4) is 0 Å². The number of benzene rings is 1. The second-order valence-electron chi connectivity index (χ2n) is 6.84. The van der Waals surface area contributed by atoms with E-state index in [0.29, 0.717) is 43.3 Å². The molecule has 8 nitrogen and oxygen atoms in total. The molecule has 0 aliphatic carbocycles. The number of carbonyl (C=O) groups excluding carboxylic acids is 1. The zero-order valence-electron chi connectivity index (χ0n) is 17.0. The Balaban J connectivity index is 1.44. The molecule has 0 radical (unpaired) electrons. The maximum atomic E-state index is 12.6. The summed E-state index contributed by atoms with van der Waals surface area (Å²) in [4.78, 5) is 20.6. The molecule has 4 rings (SSSR count). The number of ether oxygens (including phenoxy) is 2. The summed E-state index contributed by atoms with van der Waals surface area (Å²) in [5.74, 6) is 2.18. The van der Waals surface area contributed by atoms with E-state index >= 15 is 0 Å². The van der Waals surface area contributed by atoms with Gasteiger partial charge in [0.05, 0.1) is 19.9 Å². The third kappa shape index (κ3) is 4.03. The van der Waals surface area contributed by atoms with Gasteiger partial charge in [-0.05, 0) is 42.5 Å². The van der Waals surface area contributed by atoms with Gasteiger partial charge in [-0.1, -0.05) is 6.07 Å². The van der Waals surface area contributed by atoms with Gasteiger partial charge in [0.1, 0.15) is 17.2 Å². The first-order valence-electron chi connectivity index (χ1n) is 9.71. The lowest BCUT2D eigenvalue weighted by Gasteiger charge is -2.35. The number of carbonyl (C=O) groups is 1. The number of hydrogen-bond acceptors (Lipinski definition) is 7. The number of aromatic nitrogens is 3. The van der Waals surface area contributed by atoms with Crippen LogP contribution in [-0.2, 0) is 0 Å². The van der Waals surface area contributed by atoms with E-state index in [0.717, 1.165) is 17.1 Å². The van der Waals surface area contributed by atoms with Crippen molar-refractivity contribution in [3.05, 3.63) is 60.4 Å². The molecule has 1 saturated heterocycles. The highest BCUT2D eigenvalue weighted by Gasteiger charge is 2.23. The summed E-state index contributed by atoms with van der Waals surface area (Å²) < 4.78 is 10.7. The van der Waals surface area contributed by atoms with Crippen LogP contribution in [0.5, 0.6) is 11.5 Å². The van der Waals surface area contributed by atoms with Crippen LogP contribution in [0.4, 0.5) is 5.82 Å². The summed E-state index contributed by atoms with van der Waals surface area (Å²) in [5, 5.41) is 8.79. The van der Waals surface area contributed by atoms with E-state index in [-0.39, 0.29) is 5.91 Å². The van der Waals surface area contributed by atoms with E-state index in [1.54, 1.807) is 32.5 Å². The van der Waals surface area contributed by atoms with Crippen molar-refractivity contribution in [3.8, 4) is 22.8 Å². The SMILES string of the molecule is COc1ccc(OC)c(-c2ccc(N3CCN(C(=O)c4ccccn4)CC3)nn2)c1. The molecule has 3 aromatic rings. The van der Waals surface area contributed by atoms with E-state index in [1.807, 2.05) is 41.3 Å². The first-order chi connectivity index (χ1) is 14.7. The van der Waals surface area contributed by atoms with Crippen molar-refractivity contribution in [3.63, 3.8) is 0 Å². The number of anilines is 1. The first-order valence-corrected chi connectivity index (χ1v) is 9.71. The van der Waals surface area contributed by atoms with Gasteiger partial charge in [0.15, 0.2) is 5.82 Å². The van der Waals surface area contributed by atoms with Gasteiger partial charge >= 0.3 is 0 Å². The Morgan fingerprint density at radius 2 is 1.77 bits per heavy atom. The predicted octanol–water partition coefficient (Wildman–Crippen LogP) is 2.52. The van der Waals surface area contributed by atoms with Crippen LogP contribution in [-0.4, -0.2) is 66.4 Å². The van der Waals surface area contributed by atoms with Gasteiger partial charge in [-0.3, -0.25) is 9.78 Å². The highest BCUT2D eigenvalue weighted by atomic mass is 16.5. The molecule has 30 heavy (non-hydrogen) atoms. The highest BCUT2D eigenvalue weighted by Crippen LogP contribution is 2.32. The summed E-state index contributed by atoms with van der Waals surface area (Å²) in [5.41, 5.74) is 2.00. The molecule has 0 N–H and O–H groups in total. The monoisotopic (exact) mass is 405 g/mol. The molecule has 0 atom stereocenters. The molecule has 1 aliphatic rings. The van der Waals surface area contributed by atoms with Gasteiger partial charge in [0, 0.05) is 37.9 Å². The van der Waals surface area contributed by atoms with Crippen LogP contribution in [0, 0.1) is 0 Å². The first kappa shape index (κ1) is 19.6. The van der Waals surface area contributed by atoms with E-state index in [1.165, 1.54) is 0 Å². The molecule has 1 fully saturated rings. The molecule has 0 saturated carbocycles. The standard InChI is InChI=1S/C22H23N5O3/c1-29-16-6-8-20(30-2)17(15-16)18-7-9-21(25-24-18)26-11-13-27(14-12-26)22(28)19-5-3-4-10-23-19/h3-10,15H,11-14H2,1-2H3. The molecular formula is C22H23N5O3. The lowest BCUT2D eigenvalue weighted by Crippen LogP contribution is -2.49. The van der Waals surface area contributed by atoms with Crippen molar-refractivity contribution < 1.29 is 14.3 Å². The lowest BCUT2D eigenvalue weighted by molar-refractivity contribution is 0.0740. The zero-order chi connectivity index (χ0) is 20.9. The van der Waals surface area contributed by atoms with Crippen LogP contribution in [0.15, 0.2) is 54.7 Å². The maximum absolute atomic E-state index is 12.6. The molecule has 3 heterocycles. The molecule has 1 aromatic carbocycles. The minimum Gasteiger partial charge on any atom is -0.497 e. The Bertz CT molecular complexity index is 1000. The molecule has 1 aliphatic heterocycles. The molecule has 1 amide bonds. The fraction of sp³-hybridized carbons (Fsp3) is 0.273. The Morgan fingerprint density at radius 1 is 0.933 bits per heavy atom. The zero-order valence-corrected chi connectivity index (χ0v) is 17.0. The Kier molecular flexibility index (Phi) is 5.74. The summed E-state index contributed by atoms with van der Waals surface area (Å²) in [6.45, 7) is 2.61. The van der Waals surface area contributed by atoms with Gasteiger partial charge in [-0.25, -0.2) is 0 Å². The molecule has 2 aromatic heterocycles. The molecule has 8 heteroatoms. The molecule has 0 unspecified atom stereocenters. The number of nitrogens with zero attached hydrogens (tertiary/aromatic N) is 5. The van der Waals surface area contributed by atoms with Crippen molar-refractivity contribution in [2.75, 3.05) is 45.3 Å². The topological polar surface area (TPSA) is 80.7 Å². The van der Waals surface area contributed by atoms with Crippen molar-refractivity contribution in [2.45, 2.75) is 0 Å². The fourth-order valence-electron chi connectivity index (χ4n) is 3.44. The van der Waals surface area contributed by atoms with Crippen LogP contribution in [0.25, 0.3) is 11.3 Å². The summed E-state index contributed by atoms with van der Waals surface area (Å²) in [6, 6.07) is 14.8. The largest absolute Gasteiger partial charge is 0.497 e. The number of piperazine rings is 1. The number of pyridine rings is 1. The van der Waals surface area contributed by atoms with Gasteiger partial charge in [0.25, 0.3) is 5.91 Å². The van der Waals surface area contributed by atoms with Gasteiger partial charge in [-0.2, -0.15) is 0 Å². The Hall–Kier alpha value is -3.68. The average molecular weight is 405 g/mol. The van der Waals surface area contributed by atoms with Crippen molar-refractivity contribution in [1.29, 1.82) is 0 Å². The summed E-state index contributed by atoms with van der Waals surface area (Å²) in [6.07, 6.45) is 1.64. The van der Waals surface area contributed by atoms with E-state index < -0.39 is 0 Å². The minimum absolute atomic E-state index is 0.0400. The average Bonchev–Trinajstić information content (AvgIpc) is 2.84.